The summed E-state index contributed by atoms with van der Waals surface area (Å²) < 4.78 is 0. The van der Waals surface area contributed by atoms with E-state index in [4.69, 9.17) is 0 Å². The second kappa shape index (κ2) is 9.98. The Labute approximate surface area is 178 Å². The highest BCUT2D eigenvalue weighted by atomic mass is 32.2. The molecule has 1 aromatic carbocycles. The van der Waals surface area contributed by atoms with Crippen LogP contribution in [0, 0.1) is 5.92 Å². The molecular formula is C23H33N3O2S. The smallest absolute Gasteiger partial charge is 0.230 e. The molecule has 1 aromatic rings. The molecule has 29 heavy (non-hydrogen) atoms. The van der Waals surface area contributed by atoms with Gasteiger partial charge in [-0.3, -0.25) is 14.5 Å². The number of hydrogen-bond donors (Lipinski definition) is 1. The highest BCUT2D eigenvalue weighted by Crippen LogP contribution is 2.28. The van der Waals surface area contributed by atoms with E-state index >= 15 is 0 Å². The summed E-state index contributed by atoms with van der Waals surface area (Å²) in [6.07, 6.45) is 8.21. The number of amides is 2. The molecule has 1 N–H and O–H groups in total. The first kappa shape index (κ1) is 20.7. The van der Waals surface area contributed by atoms with Gasteiger partial charge >= 0.3 is 0 Å². The van der Waals surface area contributed by atoms with Crippen molar-refractivity contribution < 1.29 is 9.59 Å². The van der Waals surface area contributed by atoms with Crippen LogP contribution in [0.4, 0.5) is 0 Å². The van der Waals surface area contributed by atoms with Crippen molar-refractivity contribution >= 4 is 23.6 Å². The van der Waals surface area contributed by atoms with Gasteiger partial charge in [0.05, 0.1) is 5.75 Å². The molecule has 2 amide bonds. The predicted molar refractivity (Wildman–Crippen MR) is 117 cm³/mol. The average Bonchev–Trinajstić information content (AvgIpc) is 3.44. The minimum Gasteiger partial charge on any atom is -0.354 e. The molecule has 0 unspecified atom stereocenters. The van der Waals surface area contributed by atoms with Crippen molar-refractivity contribution in [3.05, 3.63) is 29.3 Å². The van der Waals surface area contributed by atoms with Crippen molar-refractivity contribution in [1.29, 1.82) is 0 Å². The Kier molecular flexibility index (Phi) is 7.14. The number of piperazine rings is 1. The number of hydrogen-bond acceptors (Lipinski definition) is 4. The molecule has 1 heterocycles. The molecule has 1 aliphatic heterocycles. The van der Waals surface area contributed by atoms with Crippen LogP contribution < -0.4 is 5.32 Å². The third kappa shape index (κ3) is 5.54. The first-order chi connectivity index (χ1) is 14.2. The summed E-state index contributed by atoms with van der Waals surface area (Å²) in [6, 6.07) is 6.63. The number of thioether (sulfide) groups is 1. The third-order valence-electron chi connectivity index (χ3n) is 6.58. The Bertz CT molecular complexity index is 725. The molecule has 0 radical (unpaired) electrons. The SMILES string of the molecule is O=C(CSc1ccc2c(c1)CCC2)NCCN1CCN(C(=O)C2CCCC2)CC1. The van der Waals surface area contributed by atoms with Crippen LogP contribution in [0.3, 0.4) is 0 Å². The number of carbonyl (C=O) groups is 2. The van der Waals surface area contributed by atoms with E-state index in [1.54, 1.807) is 11.8 Å². The van der Waals surface area contributed by atoms with Gasteiger partial charge in [-0.15, -0.1) is 11.8 Å². The van der Waals surface area contributed by atoms with Gasteiger partial charge in [0.15, 0.2) is 0 Å². The number of nitrogens with one attached hydrogen (secondary N) is 1. The van der Waals surface area contributed by atoms with Crippen LogP contribution in [0.15, 0.2) is 23.1 Å². The van der Waals surface area contributed by atoms with Gasteiger partial charge in [0.25, 0.3) is 0 Å². The molecule has 4 rings (SSSR count). The maximum atomic E-state index is 12.5. The molecule has 0 atom stereocenters. The number of carbonyl (C=O) groups excluding carboxylic acids is 2. The lowest BCUT2D eigenvalue weighted by atomic mass is 10.1. The number of aryl methyl sites for hydroxylation is 2. The van der Waals surface area contributed by atoms with Crippen LogP contribution in [-0.2, 0) is 22.4 Å². The van der Waals surface area contributed by atoms with Gasteiger partial charge in [-0.25, -0.2) is 0 Å². The molecule has 0 aromatic heterocycles. The summed E-state index contributed by atoms with van der Waals surface area (Å²) in [7, 11) is 0. The molecule has 3 aliphatic rings. The molecule has 5 nitrogen and oxygen atoms in total. The van der Waals surface area contributed by atoms with E-state index in [2.05, 4.69) is 33.3 Å². The normalized spacial score (nSPS) is 20.1. The van der Waals surface area contributed by atoms with Crippen LogP contribution >= 0.6 is 11.8 Å². The van der Waals surface area contributed by atoms with Crippen molar-refractivity contribution in [2.24, 2.45) is 5.92 Å². The molecular weight excluding hydrogens is 382 g/mol. The first-order valence-electron chi connectivity index (χ1n) is 11.2. The summed E-state index contributed by atoms with van der Waals surface area (Å²) >= 11 is 1.63. The van der Waals surface area contributed by atoms with Crippen LogP contribution in [0.25, 0.3) is 0 Å². The van der Waals surface area contributed by atoms with Gasteiger partial charge in [-0.1, -0.05) is 18.9 Å². The fourth-order valence-corrected chi connectivity index (χ4v) is 5.60. The minimum absolute atomic E-state index is 0.102. The molecule has 1 saturated heterocycles. The van der Waals surface area contributed by atoms with E-state index < -0.39 is 0 Å². The van der Waals surface area contributed by atoms with Crippen LogP contribution in [0.5, 0.6) is 0 Å². The maximum absolute atomic E-state index is 12.5. The Hall–Kier alpha value is -1.53. The fraction of sp³-hybridized carbons (Fsp3) is 0.652. The third-order valence-corrected chi connectivity index (χ3v) is 7.57. The number of nitrogens with zero attached hydrogens (tertiary/aromatic N) is 2. The molecule has 2 aliphatic carbocycles. The predicted octanol–water partition coefficient (Wildman–Crippen LogP) is 2.72. The zero-order valence-electron chi connectivity index (χ0n) is 17.3. The lowest BCUT2D eigenvalue weighted by molar-refractivity contribution is -0.137. The number of rotatable bonds is 7. The fourth-order valence-electron chi connectivity index (χ4n) is 4.81. The van der Waals surface area contributed by atoms with Gasteiger partial charge in [0.1, 0.15) is 0 Å². The van der Waals surface area contributed by atoms with Crippen molar-refractivity contribution in [1.82, 2.24) is 15.1 Å². The van der Waals surface area contributed by atoms with Crippen molar-refractivity contribution in [3.63, 3.8) is 0 Å². The van der Waals surface area contributed by atoms with Crippen molar-refractivity contribution in [3.8, 4) is 0 Å². The van der Waals surface area contributed by atoms with E-state index in [0.717, 1.165) is 45.6 Å². The topological polar surface area (TPSA) is 52.7 Å². The maximum Gasteiger partial charge on any atom is 0.230 e. The van der Waals surface area contributed by atoms with E-state index in [-0.39, 0.29) is 11.8 Å². The van der Waals surface area contributed by atoms with Crippen molar-refractivity contribution in [2.75, 3.05) is 45.0 Å². The minimum atomic E-state index is 0.102. The lowest BCUT2D eigenvalue weighted by Crippen LogP contribution is -2.51. The van der Waals surface area contributed by atoms with Gasteiger partial charge in [-0.05, 0) is 55.4 Å². The Morgan fingerprint density at radius 3 is 2.55 bits per heavy atom. The summed E-state index contributed by atoms with van der Waals surface area (Å²) in [5.41, 5.74) is 2.94. The number of fused-ring (bicyclic) bond motifs is 1. The zero-order valence-corrected chi connectivity index (χ0v) is 18.1. The van der Waals surface area contributed by atoms with E-state index in [9.17, 15) is 9.59 Å². The van der Waals surface area contributed by atoms with E-state index in [1.807, 2.05) is 0 Å². The Morgan fingerprint density at radius 2 is 1.76 bits per heavy atom. The highest BCUT2D eigenvalue weighted by Gasteiger charge is 2.29. The van der Waals surface area contributed by atoms with E-state index in [1.165, 1.54) is 48.1 Å². The summed E-state index contributed by atoms with van der Waals surface area (Å²) in [5.74, 6) is 1.23. The monoisotopic (exact) mass is 415 g/mol. The molecule has 2 fully saturated rings. The quantitative estimate of drug-likeness (QED) is 0.696. The second-order valence-corrected chi connectivity index (χ2v) is 9.62. The Balaban J connectivity index is 1.10. The van der Waals surface area contributed by atoms with Gasteiger partial charge in [0, 0.05) is 50.1 Å². The van der Waals surface area contributed by atoms with Gasteiger partial charge in [0.2, 0.25) is 11.8 Å². The lowest BCUT2D eigenvalue weighted by Gasteiger charge is -2.36. The molecule has 158 valence electrons. The zero-order chi connectivity index (χ0) is 20.1. The van der Waals surface area contributed by atoms with Gasteiger partial charge < -0.3 is 10.2 Å². The van der Waals surface area contributed by atoms with Crippen LogP contribution in [0.1, 0.15) is 43.2 Å². The average molecular weight is 416 g/mol. The standard InChI is InChI=1S/C23H33N3O2S/c27-22(17-29-21-9-8-18-6-3-7-20(18)16-21)24-10-11-25-12-14-26(15-13-25)23(28)19-4-1-2-5-19/h8-9,16,19H,1-7,10-15,17H2,(H,24,27). The second-order valence-electron chi connectivity index (χ2n) is 8.57. The Morgan fingerprint density at radius 1 is 1.00 bits per heavy atom. The summed E-state index contributed by atoms with van der Waals surface area (Å²) in [4.78, 5) is 30.3. The summed E-state index contributed by atoms with van der Waals surface area (Å²) in [6.45, 7) is 5.03. The first-order valence-corrected chi connectivity index (χ1v) is 12.2. The summed E-state index contributed by atoms with van der Waals surface area (Å²) in [5, 5.41) is 3.05. The van der Waals surface area contributed by atoms with E-state index in [0.29, 0.717) is 18.2 Å². The van der Waals surface area contributed by atoms with Crippen LogP contribution in [0.2, 0.25) is 0 Å². The highest BCUT2D eigenvalue weighted by molar-refractivity contribution is 8.00. The molecule has 0 spiro atoms. The van der Waals surface area contributed by atoms with Crippen molar-refractivity contribution in [2.45, 2.75) is 49.8 Å². The largest absolute Gasteiger partial charge is 0.354 e. The molecule has 0 bridgehead atoms. The number of benzene rings is 1. The molecule has 1 saturated carbocycles. The molecule has 6 heteroatoms. The van der Waals surface area contributed by atoms with Gasteiger partial charge in [-0.2, -0.15) is 0 Å². The van der Waals surface area contributed by atoms with Crippen LogP contribution in [-0.4, -0.2) is 66.6 Å².